The topological polar surface area (TPSA) is 29.3 Å². The number of aromatic nitrogens is 1. The van der Waals surface area contributed by atoms with Gasteiger partial charge in [0.1, 0.15) is 11.3 Å². The molecule has 0 bridgehead atoms. The van der Waals surface area contributed by atoms with Crippen molar-refractivity contribution in [1.82, 2.24) is 9.88 Å². The molecule has 0 amide bonds. The van der Waals surface area contributed by atoms with Gasteiger partial charge in [0.25, 0.3) is 0 Å². The molecule has 0 unspecified atom stereocenters. The van der Waals surface area contributed by atoms with Crippen LogP contribution >= 0.6 is 0 Å². The van der Waals surface area contributed by atoms with Crippen molar-refractivity contribution < 1.29 is 8.81 Å². The summed E-state index contributed by atoms with van der Waals surface area (Å²) in [6.07, 6.45) is 2.38. The van der Waals surface area contributed by atoms with E-state index in [1.54, 1.807) is 0 Å². The van der Waals surface area contributed by atoms with Crippen molar-refractivity contribution in [3.63, 3.8) is 0 Å². The van der Waals surface area contributed by atoms with Crippen LogP contribution in [0.4, 0.5) is 4.39 Å². The summed E-state index contributed by atoms with van der Waals surface area (Å²) < 4.78 is 20.6. The van der Waals surface area contributed by atoms with Crippen LogP contribution in [0, 0.1) is 12.7 Å². The second-order valence-corrected chi connectivity index (χ2v) is 7.76. The lowest BCUT2D eigenvalue weighted by Gasteiger charge is -2.14. The highest BCUT2D eigenvalue weighted by molar-refractivity contribution is 5.80. The lowest BCUT2D eigenvalue weighted by Crippen LogP contribution is -2.19. The number of likely N-dealkylation sites (tertiary alicyclic amines) is 1. The number of nitrogens with zero attached hydrogens (tertiary/aromatic N) is 2. The monoisotopic (exact) mass is 386 g/mol. The third kappa shape index (κ3) is 3.45. The van der Waals surface area contributed by atoms with Crippen molar-refractivity contribution in [3.8, 4) is 22.6 Å². The van der Waals surface area contributed by atoms with Gasteiger partial charge >= 0.3 is 0 Å². The van der Waals surface area contributed by atoms with E-state index < -0.39 is 0 Å². The predicted molar refractivity (Wildman–Crippen MR) is 114 cm³/mol. The maximum Gasteiger partial charge on any atom is 0.227 e. The minimum Gasteiger partial charge on any atom is -0.436 e. The SMILES string of the molecule is Cc1c(-c2ccccc2)cccc1-c1nc2cc(CN3CCCC3)c(F)cc2o1. The molecule has 4 heteroatoms. The van der Waals surface area contributed by atoms with Crippen LogP contribution in [-0.2, 0) is 6.54 Å². The summed E-state index contributed by atoms with van der Waals surface area (Å²) in [4.78, 5) is 6.99. The van der Waals surface area contributed by atoms with Crippen molar-refractivity contribution >= 4 is 11.1 Å². The summed E-state index contributed by atoms with van der Waals surface area (Å²) in [5.74, 6) is 0.315. The average Bonchev–Trinajstić information content (AvgIpc) is 3.39. The quantitative estimate of drug-likeness (QED) is 0.418. The zero-order chi connectivity index (χ0) is 19.8. The van der Waals surface area contributed by atoms with Crippen LogP contribution in [0.5, 0.6) is 0 Å². The van der Waals surface area contributed by atoms with Crippen LogP contribution in [0.3, 0.4) is 0 Å². The van der Waals surface area contributed by atoms with Gasteiger partial charge in [0.15, 0.2) is 5.58 Å². The first-order valence-corrected chi connectivity index (χ1v) is 10.2. The van der Waals surface area contributed by atoms with Crippen molar-refractivity contribution in [3.05, 3.63) is 77.6 Å². The highest BCUT2D eigenvalue weighted by atomic mass is 19.1. The maximum absolute atomic E-state index is 14.6. The molecular formula is C25H23FN2O. The fraction of sp³-hybridized carbons (Fsp3) is 0.240. The van der Waals surface area contributed by atoms with Crippen molar-refractivity contribution in [1.29, 1.82) is 0 Å². The van der Waals surface area contributed by atoms with Gasteiger partial charge in [0.05, 0.1) is 0 Å². The van der Waals surface area contributed by atoms with Gasteiger partial charge in [-0.3, -0.25) is 4.90 Å². The Morgan fingerprint density at radius 2 is 1.72 bits per heavy atom. The van der Waals surface area contributed by atoms with E-state index in [0.717, 1.165) is 35.3 Å². The highest BCUT2D eigenvalue weighted by Gasteiger charge is 2.18. The third-order valence-corrected chi connectivity index (χ3v) is 5.80. The second kappa shape index (κ2) is 7.45. The van der Waals surface area contributed by atoms with Crippen molar-refractivity contribution in [2.24, 2.45) is 0 Å². The van der Waals surface area contributed by atoms with Crippen LogP contribution in [0.15, 0.2) is 65.1 Å². The molecule has 3 nitrogen and oxygen atoms in total. The number of hydrogen-bond acceptors (Lipinski definition) is 3. The zero-order valence-corrected chi connectivity index (χ0v) is 16.5. The van der Waals surface area contributed by atoms with E-state index in [9.17, 15) is 4.39 Å². The minimum absolute atomic E-state index is 0.221. The summed E-state index contributed by atoms with van der Waals surface area (Å²) in [5.41, 5.74) is 6.22. The Balaban J connectivity index is 1.54. The molecular weight excluding hydrogens is 363 g/mol. The molecule has 0 N–H and O–H groups in total. The molecule has 1 fully saturated rings. The Morgan fingerprint density at radius 1 is 0.966 bits per heavy atom. The van der Waals surface area contributed by atoms with Crippen LogP contribution < -0.4 is 0 Å². The number of fused-ring (bicyclic) bond motifs is 1. The van der Waals surface area contributed by atoms with E-state index in [1.807, 2.05) is 36.4 Å². The molecule has 0 saturated carbocycles. The lowest BCUT2D eigenvalue weighted by molar-refractivity contribution is 0.325. The lowest BCUT2D eigenvalue weighted by atomic mass is 9.96. The third-order valence-electron chi connectivity index (χ3n) is 5.80. The molecule has 1 aliphatic heterocycles. The number of benzene rings is 3. The predicted octanol–water partition coefficient (Wildman–Crippen LogP) is 6.21. The first kappa shape index (κ1) is 18.1. The minimum atomic E-state index is -0.221. The normalized spacial score (nSPS) is 14.7. The summed E-state index contributed by atoms with van der Waals surface area (Å²) in [6.45, 7) is 4.78. The zero-order valence-electron chi connectivity index (χ0n) is 16.5. The Bertz CT molecular complexity index is 1160. The molecule has 29 heavy (non-hydrogen) atoms. The summed E-state index contributed by atoms with van der Waals surface area (Å²) in [6, 6.07) is 19.7. The maximum atomic E-state index is 14.6. The molecule has 0 radical (unpaired) electrons. The molecule has 4 aromatic rings. The van der Waals surface area contributed by atoms with Crippen molar-refractivity contribution in [2.75, 3.05) is 13.1 Å². The molecule has 1 saturated heterocycles. The van der Waals surface area contributed by atoms with E-state index in [2.05, 4.69) is 30.0 Å². The molecule has 0 aliphatic carbocycles. The van der Waals surface area contributed by atoms with E-state index in [-0.39, 0.29) is 5.82 Å². The van der Waals surface area contributed by atoms with Gasteiger partial charge in [-0.1, -0.05) is 42.5 Å². The fourth-order valence-corrected chi connectivity index (χ4v) is 4.21. The summed E-state index contributed by atoms with van der Waals surface area (Å²) in [7, 11) is 0. The fourth-order valence-electron chi connectivity index (χ4n) is 4.21. The van der Waals surface area contributed by atoms with E-state index in [1.165, 1.54) is 18.9 Å². The second-order valence-electron chi connectivity index (χ2n) is 7.76. The number of rotatable bonds is 4. The Labute approximate surface area is 169 Å². The first-order chi connectivity index (χ1) is 14.2. The van der Waals surface area contributed by atoms with Gasteiger partial charge < -0.3 is 4.42 Å². The van der Waals surface area contributed by atoms with Gasteiger partial charge in [-0.15, -0.1) is 0 Å². The van der Waals surface area contributed by atoms with Gasteiger partial charge in [-0.2, -0.15) is 0 Å². The van der Waals surface area contributed by atoms with E-state index >= 15 is 0 Å². The van der Waals surface area contributed by atoms with Crippen LogP contribution in [0.1, 0.15) is 24.0 Å². The number of halogens is 1. The van der Waals surface area contributed by atoms with Gasteiger partial charge in [-0.25, -0.2) is 9.37 Å². The smallest absolute Gasteiger partial charge is 0.227 e. The Kier molecular flexibility index (Phi) is 4.64. The van der Waals surface area contributed by atoms with E-state index in [4.69, 9.17) is 9.40 Å². The van der Waals surface area contributed by atoms with Gasteiger partial charge in [-0.05, 0) is 61.7 Å². The molecule has 0 spiro atoms. The molecule has 146 valence electrons. The summed E-state index contributed by atoms with van der Waals surface area (Å²) in [5, 5.41) is 0. The molecule has 5 rings (SSSR count). The van der Waals surface area contributed by atoms with Gasteiger partial charge in [0, 0.05) is 23.7 Å². The first-order valence-electron chi connectivity index (χ1n) is 10.2. The van der Waals surface area contributed by atoms with Gasteiger partial charge in [0.2, 0.25) is 5.89 Å². The Morgan fingerprint density at radius 3 is 2.52 bits per heavy atom. The van der Waals surface area contributed by atoms with Crippen LogP contribution in [-0.4, -0.2) is 23.0 Å². The van der Waals surface area contributed by atoms with Crippen molar-refractivity contribution in [2.45, 2.75) is 26.3 Å². The van der Waals surface area contributed by atoms with Crippen LogP contribution in [0.2, 0.25) is 0 Å². The Hall–Kier alpha value is -2.98. The molecule has 0 atom stereocenters. The molecule has 1 aromatic heterocycles. The molecule has 1 aliphatic rings. The average molecular weight is 386 g/mol. The van der Waals surface area contributed by atoms with Crippen LogP contribution in [0.25, 0.3) is 33.7 Å². The number of hydrogen-bond donors (Lipinski definition) is 0. The largest absolute Gasteiger partial charge is 0.436 e. The highest BCUT2D eigenvalue weighted by Crippen LogP contribution is 2.33. The standard InChI is InChI=1S/C25H23FN2O/c1-17-20(18-8-3-2-4-9-18)10-7-11-21(17)25-27-23-14-19(16-28-12-5-6-13-28)22(26)15-24(23)29-25/h2-4,7-11,14-15H,5-6,12-13,16H2,1H3. The molecule has 3 aromatic carbocycles. The summed E-state index contributed by atoms with van der Waals surface area (Å²) >= 11 is 0. The molecule has 2 heterocycles. The number of oxazole rings is 1. The van der Waals surface area contributed by atoms with E-state index in [0.29, 0.717) is 29.1 Å².